The molecular formula is C46H52ClF5N3O3Ru. The number of carbonyl (C=O) groups excluding carboxylic acids is 2. The third-order valence-electron chi connectivity index (χ3n) is 10.8. The van der Waals surface area contributed by atoms with E-state index in [9.17, 15) is 22.8 Å². The Labute approximate surface area is 357 Å². The van der Waals surface area contributed by atoms with Gasteiger partial charge in [0.2, 0.25) is 0 Å². The summed E-state index contributed by atoms with van der Waals surface area (Å²) in [5, 5.41) is 0. The quantitative estimate of drug-likeness (QED) is 0.0521. The van der Waals surface area contributed by atoms with Crippen LogP contribution in [0.15, 0.2) is 54.6 Å². The van der Waals surface area contributed by atoms with Gasteiger partial charge in [-0.2, -0.15) is 0 Å². The fourth-order valence-corrected chi connectivity index (χ4v) is 10.3. The van der Waals surface area contributed by atoms with E-state index in [4.69, 9.17) is 4.74 Å². The second-order valence-corrected chi connectivity index (χ2v) is 18.5. The number of fused-ring (bicyclic) bond motifs is 1. The van der Waals surface area contributed by atoms with Crippen LogP contribution < -0.4 is 19.4 Å². The molecule has 1 unspecified atom stereocenters. The van der Waals surface area contributed by atoms with E-state index in [1.807, 2.05) is 0 Å². The van der Waals surface area contributed by atoms with Crippen molar-refractivity contribution in [2.24, 2.45) is 5.92 Å². The monoisotopic (exact) mass is 926 g/mol. The van der Waals surface area contributed by atoms with Gasteiger partial charge < -0.3 is 0 Å². The molecule has 0 aliphatic carbocycles. The summed E-state index contributed by atoms with van der Waals surface area (Å²) in [6.07, 6.45) is -1.29. The van der Waals surface area contributed by atoms with Gasteiger partial charge in [0.05, 0.1) is 0 Å². The number of ether oxygens (including phenoxy) is 1. The van der Waals surface area contributed by atoms with Crippen LogP contribution in [0.1, 0.15) is 131 Å². The van der Waals surface area contributed by atoms with Gasteiger partial charge in [-0.1, -0.05) is 0 Å². The smallest absolute Gasteiger partial charge is 0.147 e. The van der Waals surface area contributed by atoms with Crippen LogP contribution in [0.2, 0.25) is 0 Å². The Morgan fingerprint density at radius 2 is 1.07 bits per heavy atom. The zero-order valence-corrected chi connectivity index (χ0v) is 37.5. The third kappa shape index (κ3) is 8.33. The minimum Gasteiger partial charge on any atom is -0.147 e. The molecule has 4 aromatic carbocycles. The van der Waals surface area contributed by atoms with Gasteiger partial charge in [-0.25, -0.2) is 0 Å². The maximum atomic E-state index is 15.1. The number of halogens is 6. The summed E-state index contributed by atoms with van der Waals surface area (Å²) in [4.78, 5) is 33.3. The minimum absolute atomic E-state index is 0. The number of amides is 2. The second kappa shape index (κ2) is 18.2. The fraction of sp³-hybridized carbons (Fsp3) is 0.413. The van der Waals surface area contributed by atoms with E-state index < -0.39 is 75.2 Å². The van der Waals surface area contributed by atoms with E-state index in [1.165, 1.54) is 39.7 Å². The molecule has 4 aromatic rings. The number of hydrogen-bond donors (Lipinski definition) is 0. The van der Waals surface area contributed by atoms with Crippen LogP contribution in [0.25, 0.3) is 0 Å². The van der Waals surface area contributed by atoms with Crippen molar-refractivity contribution >= 4 is 45.9 Å². The average Bonchev–Trinajstić information content (AvgIpc) is 3.60. The first-order chi connectivity index (χ1) is 27.4. The predicted octanol–water partition coefficient (Wildman–Crippen LogP) is 11.4. The van der Waals surface area contributed by atoms with Gasteiger partial charge >= 0.3 is 347 Å². The van der Waals surface area contributed by atoms with Crippen LogP contribution in [0.5, 0.6) is 5.75 Å². The van der Waals surface area contributed by atoms with E-state index in [0.717, 1.165) is 13.1 Å². The molecule has 0 bridgehead atoms. The van der Waals surface area contributed by atoms with Crippen molar-refractivity contribution in [2.45, 2.75) is 104 Å². The first-order valence-electron chi connectivity index (χ1n) is 19.8. The second-order valence-electron chi connectivity index (χ2n) is 16.5. The summed E-state index contributed by atoms with van der Waals surface area (Å²) < 4.78 is 81.2. The van der Waals surface area contributed by atoms with Gasteiger partial charge in [-0.3, -0.25) is 0 Å². The number of rotatable bonds is 10. The summed E-state index contributed by atoms with van der Waals surface area (Å²) in [6.45, 7) is 22.5. The van der Waals surface area contributed by atoms with Gasteiger partial charge in [0, 0.05) is 0 Å². The zero-order chi connectivity index (χ0) is 42.5. The molecule has 2 aliphatic rings. The average molecular weight is 926 g/mol. The molecule has 0 radical (unpaired) electrons. The summed E-state index contributed by atoms with van der Waals surface area (Å²) in [7, 11) is 0. The summed E-state index contributed by atoms with van der Waals surface area (Å²) in [6, 6.07) is 17.8. The van der Waals surface area contributed by atoms with Crippen molar-refractivity contribution in [3.8, 4) is 5.75 Å². The van der Waals surface area contributed by atoms with Crippen molar-refractivity contribution in [1.82, 2.24) is 0 Å². The van der Waals surface area contributed by atoms with Crippen LogP contribution in [0.3, 0.4) is 0 Å². The Morgan fingerprint density at radius 3 is 1.47 bits per heavy atom. The topological polar surface area (TPSA) is 53.1 Å². The van der Waals surface area contributed by atoms with Gasteiger partial charge in [0.25, 0.3) is 0 Å². The number of benzene rings is 4. The fourth-order valence-electron chi connectivity index (χ4n) is 7.84. The molecule has 1 fully saturated rings. The Balaban J connectivity index is 0.00000661. The van der Waals surface area contributed by atoms with Gasteiger partial charge in [-0.15, -0.1) is 12.4 Å². The number of para-hydroxylation sites is 3. The first-order valence-corrected chi connectivity index (χ1v) is 21.8. The molecule has 1 atom stereocenters. The van der Waals surface area contributed by atoms with Crippen molar-refractivity contribution in [1.29, 1.82) is 0 Å². The number of imide groups is 1. The Hall–Kier alpha value is -4.15. The van der Waals surface area contributed by atoms with E-state index >= 15 is 8.78 Å². The van der Waals surface area contributed by atoms with E-state index in [1.54, 1.807) is 26.0 Å². The standard InChI is InChI=1S/C27H39N2.C19H12F5NO3.ClH.Ru/c1-18(2)22-11-9-12-23(19(3)4)26(22)28-15-16-29(17-28)27-24(20(5)6)13-10-14-25(27)21(7)8;1-7(2)16-19(27)25(9-6-4-5-8(3)17(9)28-16)18(26)10-11(20)13(22)15(24)14(23)12(10)21;;/h9-14,17-21H,15-16H2,1-8H3;3-7,16H,1-2H3;1H;. The number of nitrogens with zero attached hydrogens (tertiary/aromatic N) is 3. The van der Waals surface area contributed by atoms with E-state index in [2.05, 4.69) is 106 Å². The number of hydrogen-bond acceptors (Lipinski definition) is 5. The molecule has 2 aliphatic heterocycles. The summed E-state index contributed by atoms with van der Waals surface area (Å²) in [5.41, 5.74) is 6.11. The van der Waals surface area contributed by atoms with Crippen LogP contribution in [-0.4, -0.2) is 40.4 Å². The molecule has 0 N–H and O–H groups in total. The normalized spacial score (nSPS) is 16.2. The molecule has 6 nitrogen and oxygen atoms in total. The molecule has 13 heteroatoms. The molecule has 1 saturated heterocycles. The molecule has 59 heavy (non-hydrogen) atoms. The van der Waals surface area contributed by atoms with Crippen molar-refractivity contribution < 1.29 is 53.0 Å². The van der Waals surface area contributed by atoms with Crippen LogP contribution >= 0.6 is 12.4 Å². The van der Waals surface area contributed by atoms with Gasteiger partial charge in [0.15, 0.2) is 0 Å². The SMILES string of the molecule is CC(C)c1cccc(C(C)C)c1N1CCN(c2c(C(C)C)cccc2C(C)C)[CH]1/[Ru]=[CH]/c1cccc2c1OC(C(C)C)C(=O)N2C(=O)c1c(F)c(F)c(F)c(F)c1F.Cl. The summed E-state index contributed by atoms with van der Waals surface area (Å²) in [5.74, 6) is -13.7. The minimum atomic E-state index is -2.40. The van der Waals surface area contributed by atoms with Crippen LogP contribution in [0.4, 0.5) is 39.0 Å². The van der Waals surface area contributed by atoms with Gasteiger partial charge in [0.1, 0.15) is 0 Å². The number of anilines is 3. The van der Waals surface area contributed by atoms with E-state index in [0.29, 0.717) is 10.5 Å². The van der Waals surface area contributed by atoms with Crippen molar-refractivity contribution in [3.05, 3.63) is 117 Å². The molecule has 319 valence electrons. The van der Waals surface area contributed by atoms with Crippen LogP contribution in [-0.2, 0) is 21.5 Å². The van der Waals surface area contributed by atoms with E-state index in [-0.39, 0.29) is 52.3 Å². The molecule has 0 aromatic heterocycles. The zero-order valence-electron chi connectivity index (χ0n) is 34.9. The molecule has 0 saturated carbocycles. The largest absolute Gasteiger partial charge is 0.147 e. The Bertz CT molecular complexity index is 2130. The maximum absolute atomic E-state index is 15.1. The number of carbonyl (C=O) groups is 2. The molecule has 2 amide bonds. The summed E-state index contributed by atoms with van der Waals surface area (Å²) >= 11 is -0.720. The Kier molecular flexibility index (Phi) is 14.2. The third-order valence-corrected chi connectivity index (χ3v) is 13.3. The molecule has 2 heterocycles. The Morgan fingerprint density at radius 1 is 0.661 bits per heavy atom. The maximum Gasteiger partial charge on any atom is -0.147 e. The molecule has 0 spiro atoms. The predicted molar refractivity (Wildman–Crippen MR) is 224 cm³/mol. The van der Waals surface area contributed by atoms with Crippen LogP contribution in [0, 0.1) is 35.0 Å². The van der Waals surface area contributed by atoms with Crippen molar-refractivity contribution in [3.63, 3.8) is 0 Å². The molecule has 6 rings (SSSR count). The molecular weight excluding hydrogens is 874 g/mol. The van der Waals surface area contributed by atoms with Crippen molar-refractivity contribution in [2.75, 3.05) is 27.8 Å². The first kappa shape index (κ1) is 45.9. The van der Waals surface area contributed by atoms with Gasteiger partial charge in [-0.05, 0) is 0 Å².